The normalized spacial score (nSPS) is 20.8. The van der Waals surface area contributed by atoms with Gasteiger partial charge in [0, 0.05) is 52.9 Å². The minimum atomic E-state index is -0.0788. The van der Waals surface area contributed by atoms with Crippen LogP contribution in [0.2, 0.25) is 0 Å². The molecule has 28 heavy (non-hydrogen) atoms. The number of para-hydroxylation sites is 2. The molecule has 2 saturated heterocycles. The van der Waals surface area contributed by atoms with Gasteiger partial charge in [-0.05, 0) is 38.3 Å². The first-order chi connectivity index (χ1) is 13.5. The third kappa shape index (κ3) is 4.95. The van der Waals surface area contributed by atoms with Crippen LogP contribution in [0.5, 0.6) is 0 Å². The van der Waals surface area contributed by atoms with Crippen LogP contribution in [0.4, 0.5) is 16.2 Å². The van der Waals surface area contributed by atoms with E-state index in [1.807, 2.05) is 53.1 Å². The Kier molecular flexibility index (Phi) is 6.78. The van der Waals surface area contributed by atoms with Gasteiger partial charge in [-0.25, -0.2) is 4.79 Å². The first-order valence-corrected chi connectivity index (χ1v) is 10.3. The highest BCUT2D eigenvalue weighted by molar-refractivity contribution is 5.93. The second-order valence-corrected chi connectivity index (χ2v) is 8.04. The predicted molar refractivity (Wildman–Crippen MR) is 113 cm³/mol. The van der Waals surface area contributed by atoms with Gasteiger partial charge in [0.25, 0.3) is 0 Å². The Morgan fingerprint density at radius 1 is 1.07 bits per heavy atom. The molecule has 2 fully saturated rings. The quantitative estimate of drug-likeness (QED) is 0.861. The van der Waals surface area contributed by atoms with E-state index >= 15 is 0 Å². The van der Waals surface area contributed by atoms with E-state index in [0.29, 0.717) is 25.7 Å². The standard InChI is InChI=1S/C21H33N5O2/c1-17-8-6-7-11-26(17)20(27)16-24-12-14-25(15-13-24)21(28)22-18-9-4-5-10-19(18)23(2)3/h4-5,9-10,17H,6-8,11-16H2,1-3H3,(H,22,28). The molecule has 1 aromatic carbocycles. The predicted octanol–water partition coefficient (Wildman–Crippen LogP) is 2.30. The number of urea groups is 1. The number of anilines is 2. The summed E-state index contributed by atoms with van der Waals surface area (Å²) in [5.41, 5.74) is 1.80. The van der Waals surface area contributed by atoms with Gasteiger partial charge in [-0.3, -0.25) is 9.69 Å². The van der Waals surface area contributed by atoms with Gasteiger partial charge in [0.05, 0.1) is 17.9 Å². The highest BCUT2D eigenvalue weighted by Crippen LogP contribution is 2.24. The van der Waals surface area contributed by atoms with Crippen LogP contribution in [0.25, 0.3) is 0 Å². The molecule has 1 aromatic rings. The van der Waals surface area contributed by atoms with E-state index in [1.165, 1.54) is 6.42 Å². The number of nitrogens with one attached hydrogen (secondary N) is 1. The smallest absolute Gasteiger partial charge is 0.321 e. The molecule has 2 aliphatic rings. The lowest BCUT2D eigenvalue weighted by Crippen LogP contribution is -2.53. The number of carbonyl (C=O) groups excluding carboxylic acids is 2. The number of amides is 3. The molecule has 154 valence electrons. The number of nitrogens with zero attached hydrogens (tertiary/aromatic N) is 4. The highest BCUT2D eigenvalue weighted by atomic mass is 16.2. The molecule has 0 radical (unpaired) electrons. The largest absolute Gasteiger partial charge is 0.376 e. The van der Waals surface area contributed by atoms with Crippen molar-refractivity contribution in [1.82, 2.24) is 14.7 Å². The number of benzene rings is 1. The Balaban J connectivity index is 1.48. The molecule has 7 heteroatoms. The van der Waals surface area contributed by atoms with Gasteiger partial charge in [-0.1, -0.05) is 12.1 Å². The third-order valence-electron chi connectivity index (χ3n) is 5.77. The number of carbonyl (C=O) groups is 2. The van der Waals surface area contributed by atoms with Gasteiger partial charge < -0.3 is 20.0 Å². The number of hydrogen-bond donors (Lipinski definition) is 1. The molecular formula is C21H33N5O2. The van der Waals surface area contributed by atoms with Crippen molar-refractivity contribution < 1.29 is 9.59 Å². The lowest BCUT2D eigenvalue weighted by Gasteiger charge is -2.38. The summed E-state index contributed by atoms with van der Waals surface area (Å²) in [6.07, 6.45) is 3.43. The van der Waals surface area contributed by atoms with Crippen molar-refractivity contribution in [2.45, 2.75) is 32.2 Å². The molecule has 2 aliphatic heterocycles. The van der Waals surface area contributed by atoms with E-state index in [1.54, 1.807) is 0 Å². The van der Waals surface area contributed by atoms with Crippen LogP contribution in [-0.4, -0.2) is 86.0 Å². The lowest BCUT2D eigenvalue weighted by atomic mass is 10.0. The molecule has 0 aliphatic carbocycles. The first kappa shape index (κ1) is 20.5. The Morgan fingerprint density at radius 3 is 2.46 bits per heavy atom. The average molecular weight is 388 g/mol. The van der Waals surface area contributed by atoms with Gasteiger partial charge in [0.2, 0.25) is 5.91 Å². The fraction of sp³-hybridized carbons (Fsp3) is 0.619. The maximum Gasteiger partial charge on any atom is 0.321 e. The zero-order valence-electron chi connectivity index (χ0n) is 17.4. The molecular weight excluding hydrogens is 354 g/mol. The molecule has 2 heterocycles. The van der Waals surface area contributed by atoms with Gasteiger partial charge in [-0.2, -0.15) is 0 Å². The van der Waals surface area contributed by atoms with E-state index in [-0.39, 0.29) is 11.9 Å². The topological polar surface area (TPSA) is 59.1 Å². The van der Waals surface area contributed by atoms with Crippen LogP contribution in [-0.2, 0) is 4.79 Å². The van der Waals surface area contributed by atoms with Crippen molar-refractivity contribution in [3.63, 3.8) is 0 Å². The molecule has 3 rings (SSSR count). The van der Waals surface area contributed by atoms with Crippen LogP contribution in [0, 0.1) is 0 Å². The summed E-state index contributed by atoms with van der Waals surface area (Å²) in [7, 11) is 3.92. The summed E-state index contributed by atoms with van der Waals surface area (Å²) in [4.78, 5) is 33.3. The van der Waals surface area contributed by atoms with Gasteiger partial charge in [-0.15, -0.1) is 0 Å². The van der Waals surface area contributed by atoms with Gasteiger partial charge in [0.15, 0.2) is 0 Å². The minimum absolute atomic E-state index is 0.0788. The number of likely N-dealkylation sites (tertiary alicyclic amines) is 1. The molecule has 1 unspecified atom stereocenters. The van der Waals surface area contributed by atoms with E-state index in [0.717, 1.165) is 43.9 Å². The summed E-state index contributed by atoms with van der Waals surface area (Å²) >= 11 is 0. The number of piperidine rings is 1. The van der Waals surface area contributed by atoms with Crippen LogP contribution in [0.15, 0.2) is 24.3 Å². The lowest BCUT2D eigenvalue weighted by molar-refractivity contribution is -0.136. The van der Waals surface area contributed by atoms with Crippen LogP contribution in [0.3, 0.4) is 0 Å². The molecule has 1 N–H and O–H groups in total. The minimum Gasteiger partial charge on any atom is -0.376 e. The average Bonchev–Trinajstić information content (AvgIpc) is 2.69. The fourth-order valence-electron chi connectivity index (χ4n) is 4.02. The zero-order chi connectivity index (χ0) is 20.1. The molecule has 0 bridgehead atoms. The summed E-state index contributed by atoms with van der Waals surface area (Å²) in [5, 5.41) is 3.03. The van der Waals surface area contributed by atoms with Crippen molar-refractivity contribution in [2.24, 2.45) is 0 Å². The van der Waals surface area contributed by atoms with Crippen LogP contribution in [0.1, 0.15) is 26.2 Å². The Bertz CT molecular complexity index is 685. The number of hydrogen-bond acceptors (Lipinski definition) is 4. The van der Waals surface area contributed by atoms with Crippen LogP contribution >= 0.6 is 0 Å². The number of piperazine rings is 1. The van der Waals surface area contributed by atoms with Crippen molar-refractivity contribution >= 4 is 23.3 Å². The molecule has 0 aromatic heterocycles. The fourth-order valence-corrected chi connectivity index (χ4v) is 4.02. The van der Waals surface area contributed by atoms with E-state index < -0.39 is 0 Å². The SMILES string of the molecule is CC1CCCCN1C(=O)CN1CCN(C(=O)Nc2ccccc2N(C)C)CC1. The molecule has 0 spiro atoms. The van der Waals surface area contributed by atoms with E-state index in [9.17, 15) is 9.59 Å². The maximum atomic E-state index is 12.7. The molecule has 0 saturated carbocycles. The van der Waals surface area contributed by atoms with E-state index in [4.69, 9.17) is 0 Å². The first-order valence-electron chi connectivity index (χ1n) is 10.3. The monoisotopic (exact) mass is 387 g/mol. The van der Waals surface area contributed by atoms with Crippen molar-refractivity contribution in [3.05, 3.63) is 24.3 Å². The highest BCUT2D eigenvalue weighted by Gasteiger charge is 2.27. The van der Waals surface area contributed by atoms with E-state index in [2.05, 4.69) is 17.1 Å². The van der Waals surface area contributed by atoms with Crippen molar-refractivity contribution in [1.29, 1.82) is 0 Å². The molecule has 7 nitrogen and oxygen atoms in total. The Hall–Kier alpha value is -2.28. The number of rotatable bonds is 4. The van der Waals surface area contributed by atoms with Gasteiger partial charge >= 0.3 is 6.03 Å². The third-order valence-corrected chi connectivity index (χ3v) is 5.77. The molecule has 1 atom stereocenters. The summed E-state index contributed by atoms with van der Waals surface area (Å²) < 4.78 is 0. The molecule has 3 amide bonds. The summed E-state index contributed by atoms with van der Waals surface area (Å²) in [6.45, 7) is 6.23. The van der Waals surface area contributed by atoms with Crippen molar-refractivity contribution in [3.8, 4) is 0 Å². The zero-order valence-corrected chi connectivity index (χ0v) is 17.4. The Morgan fingerprint density at radius 2 is 1.79 bits per heavy atom. The second-order valence-electron chi connectivity index (χ2n) is 8.04. The van der Waals surface area contributed by atoms with Crippen molar-refractivity contribution in [2.75, 3.05) is 63.6 Å². The maximum absolute atomic E-state index is 12.7. The second kappa shape index (κ2) is 9.28. The summed E-state index contributed by atoms with van der Waals surface area (Å²) in [5.74, 6) is 0.227. The Labute approximate surface area is 168 Å². The van der Waals surface area contributed by atoms with Crippen LogP contribution < -0.4 is 10.2 Å². The van der Waals surface area contributed by atoms with Gasteiger partial charge in [0.1, 0.15) is 0 Å². The summed E-state index contributed by atoms with van der Waals surface area (Å²) in [6, 6.07) is 8.07.